The number of piperidine rings is 1. The van der Waals surface area contributed by atoms with Gasteiger partial charge in [0.2, 0.25) is 10.0 Å². The van der Waals surface area contributed by atoms with Gasteiger partial charge in [-0.05, 0) is 45.2 Å². The molecule has 0 amide bonds. The molecule has 1 saturated heterocycles. The lowest BCUT2D eigenvalue weighted by atomic mass is 10.1. The zero-order valence-electron chi connectivity index (χ0n) is 11.3. The highest BCUT2D eigenvalue weighted by Crippen LogP contribution is 2.41. The first-order chi connectivity index (χ1) is 9.02. The van der Waals surface area contributed by atoms with Gasteiger partial charge in [-0.1, -0.05) is 0 Å². The van der Waals surface area contributed by atoms with Crippen LogP contribution in [0.15, 0.2) is 11.0 Å². The summed E-state index contributed by atoms with van der Waals surface area (Å²) in [6.07, 6.45) is 3.30. The summed E-state index contributed by atoms with van der Waals surface area (Å²) in [6, 6.07) is 2.10. The Balaban J connectivity index is 1.92. The Bertz CT molecular complexity index is 579. The molecule has 106 valence electrons. The van der Waals surface area contributed by atoms with E-state index in [4.69, 9.17) is 0 Å². The Morgan fingerprint density at radius 1 is 1.47 bits per heavy atom. The minimum Gasteiger partial charge on any atom is -0.315 e. The van der Waals surface area contributed by atoms with Crippen molar-refractivity contribution in [1.29, 1.82) is 0 Å². The van der Waals surface area contributed by atoms with E-state index in [9.17, 15) is 8.42 Å². The number of hydrogen-bond acceptors (Lipinski definition) is 4. The van der Waals surface area contributed by atoms with Gasteiger partial charge in [0, 0.05) is 28.9 Å². The molecule has 2 bridgehead atoms. The highest BCUT2D eigenvalue weighted by Gasteiger charge is 2.44. The maximum absolute atomic E-state index is 12.8. The number of nitrogens with zero attached hydrogens (tertiary/aromatic N) is 1. The number of fused-ring (bicyclic) bond motifs is 2. The largest absolute Gasteiger partial charge is 0.315 e. The summed E-state index contributed by atoms with van der Waals surface area (Å²) in [5.41, 5.74) is 0. The first-order valence-electron chi connectivity index (χ1n) is 6.78. The molecule has 2 aliphatic rings. The van der Waals surface area contributed by atoms with Crippen LogP contribution in [-0.2, 0) is 16.6 Å². The van der Waals surface area contributed by atoms with Crippen molar-refractivity contribution in [2.75, 3.05) is 13.6 Å². The molecule has 6 heteroatoms. The molecule has 0 spiro atoms. The normalized spacial score (nSPS) is 27.3. The zero-order chi connectivity index (χ0) is 13.6. The number of sulfonamides is 1. The summed E-state index contributed by atoms with van der Waals surface area (Å²) in [6.45, 7) is 3.36. The van der Waals surface area contributed by atoms with E-state index in [2.05, 4.69) is 5.32 Å². The van der Waals surface area contributed by atoms with E-state index in [1.807, 2.05) is 20.0 Å². The first kappa shape index (κ1) is 13.5. The Kier molecular flexibility index (Phi) is 3.45. The molecule has 2 unspecified atom stereocenters. The van der Waals surface area contributed by atoms with Gasteiger partial charge in [0.25, 0.3) is 0 Å². The number of thiophene rings is 1. The fourth-order valence-corrected chi connectivity index (χ4v) is 6.70. The quantitative estimate of drug-likeness (QED) is 0.924. The fraction of sp³-hybridized carbons (Fsp3) is 0.692. The van der Waals surface area contributed by atoms with Gasteiger partial charge in [-0.3, -0.25) is 0 Å². The molecule has 2 atom stereocenters. The minimum absolute atomic E-state index is 0.252. The lowest BCUT2D eigenvalue weighted by Crippen LogP contribution is -2.37. The molecular weight excluding hydrogens is 280 g/mol. The Hall–Kier alpha value is -0.430. The van der Waals surface area contributed by atoms with Gasteiger partial charge in [0.15, 0.2) is 0 Å². The molecule has 1 aliphatic heterocycles. The van der Waals surface area contributed by atoms with Crippen molar-refractivity contribution >= 4 is 21.4 Å². The summed E-state index contributed by atoms with van der Waals surface area (Å²) < 4.78 is 27.3. The first-order valence-corrected chi connectivity index (χ1v) is 9.03. The van der Waals surface area contributed by atoms with E-state index in [1.54, 1.807) is 15.6 Å². The summed E-state index contributed by atoms with van der Waals surface area (Å²) in [5, 5.41) is 3.07. The average Bonchev–Trinajstić information content (AvgIpc) is 3.04. The van der Waals surface area contributed by atoms with Crippen LogP contribution >= 0.6 is 11.3 Å². The molecule has 0 aromatic carbocycles. The predicted molar refractivity (Wildman–Crippen MR) is 76.8 cm³/mol. The summed E-state index contributed by atoms with van der Waals surface area (Å²) in [4.78, 5) is 2.52. The predicted octanol–water partition coefficient (Wildman–Crippen LogP) is 1.95. The van der Waals surface area contributed by atoms with Crippen molar-refractivity contribution in [2.45, 2.75) is 43.7 Å². The number of nitrogens with one attached hydrogen (secondary N) is 1. The van der Waals surface area contributed by atoms with Crippen LogP contribution in [0.4, 0.5) is 0 Å². The van der Waals surface area contributed by atoms with Crippen LogP contribution in [0.5, 0.6) is 0 Å². The lowest BCUT2D eigenvalue weighted by Gasteiger charge is -2.26. The monoisotopic (exact) mass is 300 g/mol. The molecule has 1 aromatic rings. The highest BCUT2D eigenvalue weighted by molar-refractivity contribution is 7.89. The van der Waals surface area contributed by atoms with Gasteiger partial charge in [-0.2, -0.15) is 4.31 Å². The number of aryl methyl sites for hydroxylation is 1. The van der Waals surface area contributed by atoms with E-state index < -0.39 is 10.0 Å². The Morgan fingerprint density at radius 2 is 2.26 bits per heavy atom. The van der Waals surface area contributed by atoms with Gasteiger partial charge in [-0.15, -0.1) is 11.3 Å². The van der Waals surface area contributed by atoms with Crippen molar-refractivity contribution in [3.63, 3.8) is 0 Å². The van der Waals surface area contributed by atoms with Gasteiger partial charge >= 0.3 is 0 Å². The molecular formula is C13H20N2O2S2. The van der Waals surface area contributed by atoms with E-state index >= 15 is 0 Å². The minimum atomic E-state index is -3.28. The lowest BCUT2D eigenvalue weighted by molar-refractivity contribution is 0.333. The second kappa shape index (κ2) is 4.84. The van der Waals surface area contributed by atoms with Crippen molar-refractivity contribution < 1.29 is 8.42 Å². The van der Waals surface area contributed by atoms with E-state index in [0.29, 0.717) is 10.8 Å². The van der Waals surface area contributed by atoms with Gasteiger partial charge in [0.1, 0.15) is 0 Å². The number of hydrogen-bond donors (Lipinski definition) is 1. The third-order valence-corrected chi connectivity index (χ3v) is 7.44. The molecule has 4 nitrogen and oxygen atoms in total. The maximum Gasteiger partial charge on any atom is 0.244 e. The van der Waals surface area contributed by atoms with Crippen LogP contribution in [0.1, 0.15) is 29.0 Å². The van der Waals surface area contributed by atoms with Crippen molar-refractivity contribution in [3.8, 4) is 0 Å². The van der Waals surface area contributed by atoms with Crippen LogP contribution in [0.3, 0.4) is 0 Å². The van der Waals surface area contributed by atoms with Gasteiger partial charge in [-0.25, -0.2) is 8.42 Å². The average molecular weight is 300 g/mol. The second-order valence-electron chi connectivity index (χ2n) is 5.57. The van der Waals surface area contributed by atoms with Gasteiger partial charge < -0.3 is 5.32 Å². The molecule has 1 aliphatic carbocycles. The number of rotatable bonds is 4. The molecule has 1 N–H and O–H groups in total. The van der Waals surface area contributed by atoms with Crippen LogP contribution in [0.2, 0.25) is 0 Å². The van der Waals surface area contributed by atoms with E-state index in [0.717, 1.165) is 35.7 Å². The highest BCUT2D eigenvalue weighted by atomic mass is 32.2. The van der Waals surface area contributed by atoms with Crippen molar-refractivity contribution in [2.24, 2.45) is 5.92 Å². The summed E-state index contributed by atoms with van der Waals surface area (Å²) >= 11 is 1.58. The van der Waals surface area contributed by atoms with Gasteiger partial charge in [0.05, 0.1) is 4.90 Å². The van der Waals surface area contributed by atoms with Crippen LogP contribution < -0.4 is 5.32 Å². The third kappa shape index (κ3) is 2.24. The molecule has 0 radical (unpaired) electrons. The second-order valence-corrected chi connectivity index (χ2v) is 8.77. The van der Waals surface area contributed by atoms with E-state index in [-0.39, 0.29) is 6.04 Å². The van der Waals surface area contributed by atoms with Crippen molar-refractivity contribution in [1.82, 2.24) is 9.62 Å². The molecule has 1 aromatic heterocycles. The fourth-order valence-electron chi connectivity index (χ4n) is 3.34. The van der Waals surface area contributed by atoms with Crippen molar-refractivity contribution in [3.05, 3.63) is 15.8 Å². The third-order valence-electron chi connectivity index (χ3n) is 4.22. The topological polar surface area (TPSA) is 49.4 Å². The van der Waals surface area contributed by atoms with Crippen LogP contribution in [-0.4, -0.2) is 32.4 Å². The molecule has 2 heterocycles. The molecule has 2 fully saturated rings. The molecule has 19 heavy (non-hydrogen) atoms. The van der Waals surface area contributed by atoms with Crippen LogP contribution in [0, 0.1) is 12.8 Å². The summed E-state index contributed by atoms with van der Waals surface area (Å²) in [7, 11) is -1.40. The van der Waals surface area contributed by atoms with E-state index in [1.165, 1.54) is 6.42 Å². The molecule has 1 saturated carbocycles. The SMILES string of the molecule is CNCc1cc(S(=O)(=O)N2CC3CCC2C3)c(C)s1. The summed E-state index contributed by atoms with van der Waals surface area (Å²) in [5.74, 6) is 0.593. The Labute approximate surface area is 118 Å². The Morgan fingerprint density at radius 3 is 2.84 bits per heavy atom. The van der Waals surface area contributed by atoms with Crippen LogP contribution in [0.25, 0.3) is 0 Å². The maximum atomic E-state index is 12.8. The standard InChI is InChI=1S/C13H20N2O2S2/c1-9-13(6-12(18-9)7-14-2)19(16,17)15-8-10-3-4-11(15)5-10/h6,10-11,14H,3-5,7-8H2,1-2H3. The smallest absolute Gasteiger partial charge is 0.244 e. The molecule has 3 rings (SSSR count). The zero-order valence-corrected chi connectivity index (χ0v) is 13.0.